The summed E-state index contributed by atoms with van der Waals surface area (Å²) in [4.78, 5) is 40.2. The first-order valence-electron chi connectivity index (χ1n) is 35.3. The van der Waals surface area contributed by atoms with Crippen molar-refractivity contribution in [3.8, 4) is 0 Å². The number of hydrogen-bond acceptors (Lipinski definition) is 7. The van der Waals surface area contributed by atoms with Crippen LogP contribution in [0.3, 0.4) is 0 Å². The number of carbonyl (C=O) groups excluding carboxylic acids is 2. The van der Waals surface area contributed by atoms with Crippen LogP contribution in [0, 0.1) is 0 Å². The summed E-state index contributed by atoms with van der Waals surface area (Å²) in [6.45, 7) is 6.69. The minimum absolute atomic E-state index is 0.0336. The van der Waals surface area contributed by atoms with Crippen LogP contribution in [0.5, 0.6) is 0 Å². The number of ether oxygens (including phenoxy) is 1. The predicted octanol–water partition coefficient (Wildman–Crippen LogP) is 22.0. The molecule has 1 N–H and O–H groups in total. The molecule has 10 heteroatoms. The van der Waals surface area contributed by atoms with Crippen molar-refractivity contribution < 1.29 is 37.3 Å². The van der Waals surface area contributed by atoms with E-state index in [1.54, 1.807) is 0 Å². The number of nitrogens with one attached hydrogen (secondary N) is 1. The summed E-state index contributed by atoms with van der Waals surface area (Å²) in [5, 5.41) is 3.02. The van der Waals surface area contributed by atoms with Crippen molar-refractivity contribution in [1.29, 1.82) is 0 Å². The molecule has 0 aromatic rings. The molecule has 0 fully saturated rings. The highest BCUT2D eigenvalue weighted by molar-refractivity contribution is 7.45. The molecule has 0 aliphatic heterocycles. The van der Waals surface area contributed by atoms with Gasteiger partial charge in [0.15, 0.2) is 0 Å². The first kappa shape index (κ1) is 82.4. The van der Waals surface area contributed by atoms with E-state index in [0.29, 0.717) is 17.4 Å². The van der Waals surface area contributed by atoms with Crippen molar-refractivity contribution in [2.45, 2.75) is 309 Å². The number of hydrogen-bond donors (Lipinski definition) is 1. The number of likely N-dealkylation sites (N-methyl/N-ethyl adjacent to an activating group) is 1. The Balaban J connectivity index is 5.15. The minimum Gasteiger partial charge on any atom is -0.756 e. The summed E-state index contributed by atoms with van der Waals surface area (Å²) in [6, 6.07) is -0.912. The van der Waals surface area contributed by atoms with Crippen LogP contribution in [-0.4, -0.2) is 69.4 Å². The molecule has 9 nitrogen and oxygen atoms in total. The third kappa shape index (κ3) is 64.9. The molecule has 0 aliphatic carbocycles. The molecule has 0 aliphatic rings. The van der Waals surface area contributed by atoms with Gasteiger partial charge in [0.25, 0.3) is 7.82 Å². The van der Waals surface area contributed by atoms with Crippen LogP contribution < -0.4 is 10.2 Å². The van der Waals surface area contributed by atoms with Crippen LogP contribution in [0.2, 0.25) is 0 Å². The van der Waals surface area contributed by atoms with Gasteiger partial charge in [-0.15, -0.1) is 0 Å². The van der Waals surface area contributed by atoms with Crippen molar-refractivity contribution >= 4 is 19.7 Å². The molecule has 0 rings (SSSR count). The van der Waals surface area contributed by atoms with E-state index < -0.39 is 26.6 Å². The Morgan fingerprint density at radius 1 is 0.419 bits per heavy atom. The van der Waals surface area contributed by atoms with Crippen LogP contribution in [0.4, 0.5) is 0 Å². The highest BCUT2D eigenvalue weighted by Crippen LogP contribution is 2.38. The fourth-order valence-electron chi connectivity index (χ4n) is 9.71. The Labute approximate surface area is 531 Å². The lowest BCUT2D eigenvalue weighted by Gasteiger charge is -2.30. The maximum atomic E-state index is 13.6. The third-order valence-corrected chi connectivity index (χ3v) is 16.1. The van der Waals surface area contributed by atoms with E-state index in [0.717, 1.165) is 122 Å². The van der Waals surface area contributed by atoms with E-state index in [9.17, 15) is 19.0 Å². The number of esters is 1. The van der Waals surface area contributed by atoms with E-state index in [-0.39, 0.29) is 31.3 Å². The quantitative estimate of drug-likeness (QED) is 0.0212. The van der Waals surface area contributed by atoms with Gasteiger partial charge in [-0.25, -0.2) is 0 Å². The van der Waals surface area contributed by atoms with Gasteiger partial charge in [0.05, 0.1) is 33.8 Å². The zero-order valence-electron chi connectivity index (χ0n) is 56.5. The molecule has 0 aromatic carbocycles. The van der Waals surface area contributed by atoms with Crippen LogP contribution in [0.1, 0.15) is 297 Å². The van der Waals surface area contributed by atoms with Crippen molar-refractivity contribution in [2.75, 3.05) is 40.9 Å². The van der Waals surface area contributed by atoms with Gasteiger partial charge in [-0.2, -0.15) is 0 Å². The van der Waals surface area contributed by atoms with Gasteiger partial charge in [-0.05, 0) is 122 Å². The summed E-state index contributed by atoms with van der Waals surface area (Å²) in [7, 11) is 1.15. The lowest BCUT2D eigenvalue weighted by molar-refractivity contribution is -0.870. The molecule has 0 radical (unpaired) electrons. The minimum atomic E-state index is -4.72. The van der Waals surface area contributed by atoms with Gasteiger partial charge in [0.2, 0.25) is 5.91 Å². The van der Waals surface area contributed by atoms with Crippen LogP contribution in [-0.2, 0) is 27.9 Å². The number of nitrogens with zero attached hydrogens (tertiary/aromatic N) is 1. The average Bonchev–Trinajstić information content (AvgIpc) is 3.66. The lowest BCUT2D eigenvalue weighted by atomic mass is 10.0. The number of quaternary nitrogens is 1. The fourth-order valence-corrected chi connectivity index (χ4v) is 10.4. The normalized spacial score (nSPS) is 14.3. The van der Waals surface area contributed by atoms with Crippen molar-refractivity contribution in [3.05, 3.63) is 122 Å². The second-order valence-electron chi connectivity index (χ2n) is 24.6. The van der Waals surface area contributed by atoms with Gasteiger partial charge in [-0.1, -0.05) is 284 Å². The smallest absolute Gasteiger partial charge is 0.306 e. The second kappa shape index (κ2) is 64.4. The van der Waals surface area contributed by atoms with Crippen LogP contribution >= 0.6 is 7.82 Å². The molecule has 0 bridgehead atoms. The van der Waals surface area contributed by atoms with E-state index in [4.69, 9.17) is 13.8 Å². The Hall–Kier alpha value is -3.59. The van der Waals surface area contributed by atoms with Gasteiger partial charge in [0.1, 0.15) is 19.3 Å². The molecule has 0 saturated carbocycles. The summed E-state index contributed by atoms with van der Waals surface area (Å²) in [5.41, 5.74) is 0. The average molecular weight is 1220 g/mol. The molecule has 0 spiro atoms. The van der Waals surface area contributed by atoms with Gasteiger partial charge in [0, 0.05) is 12.8 Å². The largest absolute Gasteiger partial charge is 0.756 e. The van der Waals surface area contributed by atoms with Crippen LogP contribution in [0.15, 0.2) is 122 Å². The van der Waals surface area contributed by atoms with Crippen molar-refractivity contribution in [3.63, 3.8) is 0 Å². The highest BCUT2D eigenvalue weighted by atomic mass is 31.2. The van der Waals surface area contributed by atoms with Gasteiger partial charge < -0.3 is 28.5 Å². The summed E-state index contributed by atoms with van der Waals surface area (Å²) < 4.78 is 30.4. The Bertz CT molecular complexity index is 1890. The molecule has 0 aromatic heterocycles. The lowest BCUT2D eigenvalue weighted by Crippen LogP contribution is -2.47. The zero-order chi connectivity index (χ0) is 62.8. The van der Waals surface area contributed by atoms with E-state index in [1.807, 2.05) is 33.3 Å². The molecular weight excluding hydrogens is 1080 g/mol. The van der Waals surface area contributed by atoms with Crippen LogP contribution in [0.25, 0.3) is 0 Å². The molecule has 0 saturated heterocycles. The Kier molecular flexibility index (Phi) is 61.7. The second-order valence-corrected chi connectivity index (χ2v) is 26.1. The zero-order valence-corrected chi connectivity index (χ0v) is 57.4. The summed E-state index contributed by atoms with van der Waals surface area (Å²) in [5.74, 6) is -0.574. The monoisotopic (exact) mass is 1220 g/mol. The number of carbonyl (C=O) groups is 2. The van der Waals surface area contributed by atoms with E-state index >= 15 is 0 Å². The first-order valence-corrected chi connectivity index (χ1v) is 36.8. The summed E-state index contributed by atoms with van der Waals surface area (Å²) in [6.07, 6.45) is 90.3. The highest BCUT2D eigenvalue weighted by Gasteiger charge is 2.27. The standard InChI is InChI=1S/C76H133N2O7P/c1-7-10-13-16-19-22-25-28-30-32-34-36-38-39-41-43-45-47-49-51-54-57-60-63-66-69-76(80)85-74(67-64-61-58-55-52-27-24-21-18-15-12-9-3)73(72-84-86(81,82)83-71-70-78(4,5)6)77-75(79)68-65-62-59-56-53-50-48-46-44-42-40-37-35-33-31-29-26-23-20-17-14-11-8-2/h11,14,19-20,22-23,28-31,34-37,42,44,48,50,64,67,73-74H,7-10,12-13,15-18,21,24-27,32-33,38-41,43,45-47,49,51-63,65-66,68-72H2,1-6H3,(H-,77,79,81,82)/b14-11-,22-19-,23-20-,30-28-,31-29-,36-34-,37-35-,44-42-,50-48-,67-64+. The third-order valence-electron chi connectivity index (χ3n) is 15.1. The number of rotatable bonds is 63. The van der Waals surface area contributed by atoms with Crippen molar-refractivity contribution in [2.24, 2.45) is 0 Å². The number of phosphoric ester groups is 1. The Morgan fingerprint density at radius 2 is 0.744 bits per heavy atom. The SMILES string of the molecule is CC/C=C\C/C=C\C/C=C\C/C=C\C/C=C\C/C=C\CCCCCCC(=O)NC(COP(=O)([O-])OCC[N+](C)(C)C)C(/C=C/CCCCCCCCCCCC)OC(=O)CCCCCCCCCCCCCC/C=C\C/C=C\C/C=C\CCCCC. The van der Waals surface area contributed by atoms with E-state index in [1.165, 1.54) is 135 Å². The molecule has 86 heavy (non-hydrogen) atoms. The molecule has 3 atom stereocenters. The molecule has 0 heterocycles. The van der Waals surface area contributed by atoms with Crippen molar-refractivity contribution in [1.82, 2.24) is 5.32 Å². The van der Waals surface area contributed by atoms with Gasteiger partial charge >= 0.3 is 5.97 Å². The number of allylic oxidation sites excluding steroid dienone is 19. The maximum absolute atomic E-state index is 13.6. The van der Waals surface area contributed by atoms with Gasteiger partial charge in [-0.3, -0.25) is 14.2 Å². The molecule has 1 amide bonds. The fraction of sp³-hybridized carbons (Fsp3) is 0.711. The topological polar surface area (TPSA) is 114 Å². The Morgan fingerprint density at radius 3 is 1.14 bits per heavy atom. The predicted molar refractivity (Wildman–Crippen MR) is 371 cm³/mol. The molecule has 3 unspecified atom stereocenters. The summed E-state index contributed by atoms with van der Waals surface area (Å²) >= 11 is 0. The number of phosphoric acid groups is 1. The maximum Gasteiger partial charge on any atom is 0.306 e. The molecule has 494 valence electrons. The molecular formula is C76H133N2O7P. The first-order chi connectivity index (χ1) is 41.9. The number of amides is 1. The van der Waals surface area contributed by atoms with E-state index in [2.05, 4.69) is 135 Å². The number of unbranched alkanes of at least 4 members (excludes halogenated alkanes) is 29.